The highest BCUT2D eigenvalue weighted by Gasteiger charge is 2.12. The largest absolute Gasteiger partial charge is 0.504 e. The molecule has 0 bridgehead atoms. The van der Waals surface area contributed by atoms with E-state index in [0.717, 1.165) is 0 Å². The van der Waals surface area contributed by atoms with Gasteiger partial charge < -0.3 is 14.9 Å². The van der Waals surface area contributed by atoms with E-state index in [-0.39, 0.29) is 11.4 Å². The SMILES string of the molecule is O=C(O)c1cc2ccc(Oc3ccccc3)c(O)c2cn1. The molecule has 0 aliphatic rings. The molecule has 1 aromatic heterocycles. The Labute approximate surface area is 120 Å². The van der Waals surface area contributed by atoms with Crippen LogP contribution in [0.2, 0.25) is 0 Å². The lowest BCUT2D eigenvalue weighted by Gasteiger charge is -2.09. The summed E-state index contributed by atoms with van der Waals surface area (Å²) in [5.41, 5.74) is -0.0707. The van der Waals surface area contributed by atoms with Gasteiger partial charge in [0.1, 0.15) is 11.4 Å². The zero-order chi connectivity index (χ0) is 14.8. The monoisotopic (exact) mass is 281 g/mol. The molecule has 0 amide bonds. The van der Waals surface area contributed by atoms with Gasteiger partial charge in [0.05, 0.1) is 0 Å². The highest BCUT2D eigenvalue weighted by atomic mass is 16.5. The Morgan fingerprint density at radius 1 is 1.10 bits per heavy atom. The van der Waals surface area contributed by atoms with Crippen molar-refractivity contribution < 1.29 is 19.7 Å². The Balaban J connectivity index is 2.04. The van der Waals surface area contributed by atoms with E-state index < -0.39 is 5.97 Å². The molecule has 0 saturated carbocycles. The minimum atomic E-state index is -1.11. The highest BCUT2D eigenvalue weighted by Crippen LogP contribution is 2.36. The summed E-state index contributed by atoms with van der Waals surface area (Å²) in [6.45, 7) is 0. The van der Waals surface area contributed by atoms with Gasteiger partial charge in [-0.1, -0.05) is 24.3 Å². The van der Waals surface area contributed by atoms with Gasteiger partial charge in [-0.05, 0) is 29.7 Å². The van der Waals surface area contributed by atoms with Crippen LogP contribution in [0.15, 0.2) is 54.7 Å². The number of carboxylic acids is 1. The zero-order valence-electron chi connectivity index (χ0n) is 10.9. The van der Waals surface area contributed by atoms with Gasteiger partial charge in [0.15, 0.2) is 11.5 Å². The smallest absolute Gasteiger partial charge is 0.354 e. The number of aromatic carboxylic acids is 1. The topological polar surface area (TPSA) is 79.7 Å². The molecular formula is C16H11NO4. The molecule has 0 aliphatic heterocycles. The van der Waals surface area contributed by atoms with Crippen LogP contribution in [0.5, 0.6) is 17.2 Å². The third-order valence-corrected chi connectivity index (χ3v) is 3.03. The Kier molecular flexibility index (Phi) is 3.16. The molecule has 0 radical (unpaired) electrons. The normalized spacial score (nSPS) is 10.5. The van der Waals surface area contributed by atoms with Gasteiger partial charge in [0.2, 0.25) is 0 Å². The molecular weight excluding hydrogens is 270 g/mol. The maximum Gasteiger partial charge on any atom is 0.354 e. The van der Waals surface area contributed by atoms with Crippen LogP contribution in [0.1, 0.15) is 10.5 Å². The van der Waals surface area contributed by atoms with Crippen molar-refractivity contribution in [2.24, 2.45) is 0 Å². The van der Waals surface area contributed by atoms with E-state index in [1.807, 2.05) is 18.2 Å². The maximum atomic E-state index is 10.9. The van der Waals surface area contributed by atoms with Crippen LogP contribution in [0, 0.1) is 0 Å². The molecule has 0 saturated heterocycles. The number of aromatic nitrogens is 1. The number of benzene rings is 2. The first-order valence-electron chi connectivity index (χ1n) is 6.23. The summed E-state index contributed by atoms with van der Waals surface area (Å²) < 4.78 is 5.60. The lowest BCUT2D eigenvalue weighted by Crippen LogP contribution is -1.99. The summed E-state index contributed by atoms with van der Waals surface area (Å²) in [5.74, 6) is -0.289. The lowest BCUT2D eigenvalue weighted by molar-refractivity contribution is 0.0690. The number of phenols is 1. The number of ether oxygens (including phenoxy) is 1. The molecule has 2 aromatic carbocycles. The number of pyridine rings is 1. The second-order valence-electron chi connectivity index (χ2n) is 4.42. The van der Waals surface area contributed by atoms with E-state index in [1.54, 1.807) is 24.3 Å². The van der Waals surface area contributed by atoms with Gasteiger partial charge in [0, 0.05) is 11.6 Å². The predicted octanol–water partition coefficient (Wildman–Crippen LogP) is 3.43. The average molecular weight is 281 g/mol. The van der Waals surface area contributed by atoms with E-state index in [2.05, 4.69) is 4.98 Å². The molecule has 0 unspecified atom stereocenters. The second-order valence-corrected chi connectivity index (χ2v) is 4.42. The summed E-state index contributed by atoms with van der Waals surface area (Å²) in [5, 5.41) is 20.2. The van der Waals surface area contributed by atoms with Crippen molar-refractivity contribution in [3.05, 3.63) is 60.4 Å². The first-order valence-corrected chi connectivity index (χ1v) is 6.23. The van der Waals surface area contributed by atoms with Crippen LogP contribution < -0.4 is 4.74 Å². The molecule has 3 aromatic rings. The predicted molar refractivity (Wildman–Crippen MR) is 76.9 cm³/mol. The van der Waals surface area contributed by atoms with E-state index in [9.17, 15) is 9.90 Å². The van der Waals surface area contributed by atoms with Crippen LogP contribution in [-0.2, 0) is 0 Å². The standard InChI is InChI=1S/C16H11NO4/c18-15-12-9-17-13(16(19)20)8-10(12)6-7-14(15)21-11-4-2-1-3-5-11/h1-9,18H,(H,19,20). The van der Waals surface area contributed by atoms with E-state index in [4.69, 9.17) is 9.84 Å². The minimum Gasteiger partial charge on any atom is -0.504 e. The zero-order valence-corrected chi connectivity index (χ0v) is 10.9. The molecule has 2 N–H and O–H groups in total. The Hall–Kier alpha value is -3.08. The Morgan fingerprint density at radius 2 is 1.86 bits per heavy atom. The van der Waals surface area contributed by atoms with Crippen LogP contribution in [0.25, 0.3) is 10.8 Å². The van der Waals surface area contributed by atoms with Crippen LogP contribution >= 0.6 is 0 Å². The second kappa shape index (κ2) is 5.13. The summed E-state index contributed by atoms with van der Waals surface area (Å²) in [6, 6.07) is 13.7. The quantitative estimate of drug-likeness (QED) is 0.768. The number of carboxylic acid groups (broad SMARTS) is 1. The Morgan fingerprint density at radius 3 is 2.57 bits per heavy atom. The van der Waals surface area contributed by atoms with Crippen LogP contribution in [0.3, 0.4) is 0 Å². The summed E-state index contributed by atoms with van der Waals surface area (Å²) in [6.07, 6.45) is 1.33. The maximum absolute atomic E-state index is 10.9. The van der Waals surface area contributed by atoms with Crippen molar-refractivity contribution in [3.8, 4) is 17.2 Å². The highest BCUT2D eigenvalue weighted by molar-refractivity contribution is 5.95. The molecule has 0 atom stereocenters. The van der Waals surface area contributed by atoms with Crippen LogP contribution in [0.4, 0.5) is 0 Å². The van der Waals surface area contributed by atoms with Gasteiger partial charge in [-0.3, -0.25) is 0 Å². The number of phenolic OH excluding ortho intramolecular Hbond substituents is 1. The summed E-state index contributed by atoms with van der Waals surface area (Å²) >= 11 is 0. The Bertz CT molecular complexity index is 815. The lowest BCUT2D eigenvalue weighted by atomic mass is 10.1. The number of hydrogen-bond donors (Lipinski definition) is 2. The fraction of sp³-hybridized carbons (Fsp3) is 0. The van der Waals surface area contributed by atoms with Crippen molar-refractivity contribution in [1.29, 1.82) is 0 Å². The number of nitrogens with zero attached hydrogens (tertiary/aromatic N) is 1. The van der Waals surface area contributed by atoms with Crippen molar-refractivity contribution in [3.63, 3.8) is 0 Å². The number of hydrogen-bond acceptors (Lipinski definition) is 4. The minimum absolute atomic E-state index is 0.0687. The molecule has 1 heterocycles. The third-order valence-electron chi connectivity index (χ3n) is 3.03. The van der Waals surface area contributed by atoms with Gasteiger partial charge in [-0.25, -0.2) is 9.78 Å². The van der Waals surface area contributed by atoms with E-state index in [1.165, 1.54) is 12.3 Å². The third kappa shape index (κ3) is 2.49. The molecule has 104 valence electrons. The molecule has 0 spiro atoms. The number of para-hydroxylation sites is 1. The molecule has 0 aliphatic carbocycles. The molecule has 0 fully saturated rings. The first kappa shape index (κ1) is 12.9. The number of fused-ring (bicyclic) bond motifs is 1. The van der Waals surface area contributed by atoms with Crippen LogP contribution in [-0.4, -0.2) is 21.2 Å². The van der Waals surface area contributed by atoms with Gasteiger partial charge in [0.25, 0.3) is 0 Å². The molecule has 5 nitrogen and oxygen atoms in total. The fourth-order valence-corrected chi connectivity index (χ4v) is 2.00. The van der Waals surface area contributed by atoms with Gasteiger partial charge in [-0.15, -0.1) is 0 Å². The summed E-state index contributed by atoms with van der Waals surface area (Å²) in [4.78, 5) is 14.7. The number of rotatable bonds is 3. The van der Waals surface area contributed by atoms with Crippen molar-refractivity contribution in [2.75, 3.05) is 0 Å². The van der Waals surface area contributed by atoms with Gasteiger partial charge >= 0.3 is 5.97 Å². The number of aromatic hydroxyl groups is 1. The van der Waals surface area contributed by atoms with E-state index in [0.29, 0.717) is 22.3 Å². The van der Waals surface area contributed by atoms with Crippen molar-refractivity contribution in [1.82, 2.24) is 4.98 Å². The first-order chi connectivity index (χ1) is 10.1. The molecule has 5 heteroatoms. The summed E-state index contributed by atoms with van der Waals surface area (Å²) in [7, 11) is 0. The van der Waals surface area contributed by atoms with Crippen molar-refractivity contribution in [2.45, 2.75) is 0 Å². The van der Waals surface area contributed by atoms with Crippen molar-refractivity contribution >= 4 is 16.7 Å². The molecule has 3 rings (SSSR count). The van der Waals surface area contributed by atoms with E-state index >= 15 is 0 Å². The fourth-order valence-electron chi connectivity index (χ4n) is 2.00. The number of carbonyl (C=O) groups is 1. The van der Waals surface area contributed by atoms with Gasteiger partial charge in [-0.2, -0.15) is 0 Å². The average Bonchev–Trinajstić information content (AvgIpc) is 2.51. The molecule has 21 heavy (non-hydrogen) atoms.